The molecule has 0 saturated heterocycles. The summed E-state index contributed by atoms with van der Waals surface area (Å²) in [6.45, 7) is 0. The van der Waals surface area contributed by atoms with Crippen molar-refractivity contribution in [3.8, 4) is 51.0 Å². The van der Waals surface area contributed by atoms with E-state index in [0.29, 0.717) is 17.5 Å². The van der Waals surface area contributed by atoms with Gasteiger partial charge in [-0.1, -0.05) is 146 Å². The van der Waals surface area contributed by atoms with E-state index in [9.17, 15) is 0 Å². The number of furan rings is 1. The van der Waals surface area contributed by atoms with Gasteiger partial charge in [0.25, 0.3) is 0 Å². The smallest absolute Gasteiger partial charge is 0.164 e. The highest BCUT2D eigenvalue weighted by atomic mass is 16.3. The van der Waals surface area contributed by atoms with Crippen LogP contribution in [0.3, 0.4) is 0 Å². The van der Waals surface area contributed by atoms with Crippen LogP contribution in [0.25, 0.3) is 94.7 Å². The molecular weight excluding hydrogens is 697 g/mol. The molecular formula is C52H34N4O. The minimum absolute atomic E-state index is 0.633. The SMILES string of the molecule is c1ccc(Cc2cc(-c3nc(-c4ccccc4)nc(-c4ccccc4)n3)ccc2-n2c3ccccc3c3ccc(-c4ccc5c(c4)oc4ccccc45)cc32)cc1. The van der Waals surface area contributed by atoms with Crippen LogP contribution in [-0.4, -0.2) is 19.5 Å². The molecule has 11 rings (SSSR count). The van der Waals surface area contributed by atoms with E-state index in [1.165, 1.54) is 21.9 Å². The lowest BCUT2D eigenvalue weighted by atomic mass is 9.99. The first-order valence-corrected chi connectivity index (χ1v) is 19.2. The standard InChI is InChI=1S/C52H34N4O/c1-4-14-34(15-5-1)30-40-31-39(52-54-50(35-16-6-2-7-17-35)53-51(55-52)36-18-8-3-9-19-36)26-29-45(40)56-46-22-12-10-20-41(46)42-27-24-37(32-47(42)56)38-25-28-44-43-21-11-13-23-48(43)57-49(44)33-38/h1-29,31-33H,30H2. The number of para-hydroxylation sites is 2. The Morgan fingerprint density at radius 2 is 0.895 bits per heavy atom. The summed E-state index contributed by atoms with van der Waals surface area (Å²) in [6, 6.07) is 67.9. The molecule has 3 aromatic heterocycles. The molecule has 0 aliphatic carbocycles. The molecule has 0 N–H and O–H groups in total. The third-order valence-corrected chi connectivity index (χ3v) is 10.9. The second-order valence-corrected chi connectivity index (χ2v) is 14.4. The maximum absolute atomic E-state index is 6.31. The van der Waals surface area contributed by atoms with Gasteiger partial charge in [0.05, 0.1) is 11.0 Å². The van der Waals surface area contributed by atoms with Crippen molar-refractivity contribution >= 4 is 43.7 Å². The molecule has 0 aliphatic rings. The number of hydrogen-bond acceptors (Lipinski definition) is 4. The minimum Gasteiger partial charge on any atom is -0.456 e. The Balaban J connectivity index is 1.11. The fourth-order valence-electron chi connectivity index (χ4n) is 8.15. The van der Waals surface area contributed by atoms with Crippen LogP contribution in [0.1, 0.15) is 11.1 Å². The largest absolute Gasteiger partial charge is 0.456 e. The molecule has 8 aromatic carbocycles. The lowest BCUT2D eigenvalue weighted by Crippen LogP contribution is -2.04. The molecule has 5 nitrogen and oxygen atoms in total. The van der Waals surface area contributed by atoms with Crippen molar-refractivity contribution in [2.45, 2.75) is 6.42 Å². The molecule has 0 atom stereocenters. The van der Waals surface area contributed by atoms with Crippen molar-refractivity contribution in [3.05, 3.63) is 205 Å². The van der Waals surface area contributed by atoms with Crippen molar-refractivity contribution in [2.75, 3.05) is 0 Å². The Hall–Kier alpha value is -7.63. The molecule has 0 fully saturated rings. The highest BCUT2D eigenvalue weighted by molar-refractivity contribution is 6.11. The molecule has 268 valence electrons. The van der Waals surface area contributed by atoms with E-state index in [1.54, 1.807) is 0 Å². The zero-order valence-corrected chi connectivity index (χ0v) is 30.9. The molecule has 0 aliphatic heterocycles. The molecule has 3 heterocycles. The first kappa shape index (κ1) is 32.8. The van der Waals surface area contributed by atoms with Crippen LogP contribution in [0.5, 0.6) is 0 Å². The fraction of sp³-hybridized carbons (Fsp3) is 0.0192. The molecule has 0 radical (unpaired) electrons. The van der Waals surface area contributed by atoms with E-state index in [1.807, 2.05) is 72.8 Å². The topological polar surface area (TPSA) is 56.7 Å². The maximum Gasteiger partial charge on any atom is 0.164 e. The number of aromatic nitrogens is 4. The van der Waals surface area contributed by atoms with Crippen LogP contribution in [0, 0.1) is 0 Å². The molecule has 0 spiro atoms. The Morgan fingerprint density at radius 1 is 0.368 bits per heavy atom. The second-order valence-electron chi connectivity index (χ2n) is 14.4. The molecule has 0 bridgehead atoms. The van der Waals surface area contributed by atoms with Crippen LogP contribution in [0.15, 0.2) is 199 Å². The molecule has 57 heavy (non-hydrogen) atoms. The van der Waals surface area contributed by atoms with Crippen molar-refractivity contribution in [1.29, 1.82) is 0 Å². The van der Waals surface area contributed by atoms with E-state index in [2.05, 4.69) is 126 Å². The van der Waals surface area contributed by atoms with Crippen LogP contribution in [-0.2, 0) is 6.42 Å². The van der Waals surface area contributed by atoms with E-state index < -0.39 is 0 Å². The predicted octanol–water partition coefficient (Wildman–Crippen LogP) is 13.1. The second kappa shape index (κ2) is 13.6. The Bertz CT molecular complexity index is 3200. The van der Waals surface area contributed by atoms with Gasteiger partial charge in [-0.2, -0.15) is 0 Å². The van der Waals surface area contributed by atoms with Crippen molar-refractivity contribution < 1.29 is 4.42 Å². The van der Waals surface area contributed by atoms with Gasteiger partial charge < -0.3 is 8.98 Å². The van der Waals surface area contributed by atoms with Gasteiger partial charge in [-0.25, -0.2) is 15.0 Å². The van der Waals surface area contributed by atoms with E-state index in [0.717, 1.165) is 72.9 Å². The highest BCUT2D eigenvalue weighted by Crippen LogP contribution is 2.39. The predicted molar refractivity (Wildman–Crippen MR) is 232 cm³/mol. The van der Waals surface area contributed by atoms with Crippen LogP contribution >= 0.6 is 0 Å². The number of fused-ring (bicyclic) bond motifs is 6. The number of hydrogen-bond donors (Lipinski definition) is 0. The molecule has 11 aromatic rings. The fourth-order valence-corrected chi connectivity index (χ4v) is 8.15. The van der Waals surface area contributed by atoms with E-state index in [4.69, 9.17) is 19.4 Å². The van der Waals surface area contributed by atoms with Crippen molar-refractivity contribution in [1.82, 2.24) is 19.5 Å². The van der Waals surface area contributed by atoms with E-state index >= 15 is 0 Å². The van der Waals surface area contributed by atoms with E-state index in [-0.39, 0.29) is 0 Å². The summed E-state index contributed by atoms with van der Waals surface area (Å²) < 4.78 is 8.73. The summed E-state index contributed by atoms with van der Waals surface area (Å²) in [5.41, 5.74) is 12.6. The van der Waals surface area contributed by atoms with Crippen LogP contribution in [0.2, 0.25) is 0 Å². The zero-order valence-electron chi connectivity index (χ0n) is 30.9. The summed E-state index contributed by atoms with van der Waals surface area (Å²) >= 11 is 0. The summed E-state index contributed by atoms with van der Waals surface area (Å²) in [5, 5.41) is 4.67. The van der Waals surface area contributed by atoms with Gasteiger partial charge in [0.2, 0.25) is 0 Å². The third kappa shape index (κ3) is 5.85. The summed E-state index contributed by atoms with van der Waals surface area (Å²) in [7, 11) is 0. The van der Waals surface area contributed by atoms with Gasteiger partial charge >= 0.3 is 0 Å². The first-order valence-electron chi connectivity index (χ1n) is 19.2. The van der Waals surface area contributed by atoms with Crippen LogP contribution < -0.4 is 0 Å². The van der Waals surface area contributed by atoms with Gasteiger partial charge in [-0.15, -0.1) is 0 Å². The molecule has 5 heteroatoms. The number of rotatable bonds is 7. The lowest BCUT2D eigenvalue weighted by Gasteiger charge is -2.16. The molecule has 0 saturated carbocycles. The Labute approximate surface area is 329 Å². The quantitative estimate of drug-likeness (QED) is 0.164. The van der Waals surface area contributed by atoms with Gasteiger partial charge in [0, 0.05) is 43.9 Å². The highest BCUT2D eigenvalue weighted by Gasteiger charge is 2.19. The lowest BCUT2D eigenvalue weighted by molar-refractivity contribution is 0.669. The monoisotopic (exact) mass is 730 g/mol. The minimum atomic E-state index is 0.633. The number of nitrogens with zero attached hydrogens (tertiary/aromatic N) is 4. The molecule has 0 unspecified atom stereocenters. The van der Waals surface area contributed by atoms with Crippen molar-refractivity contribution in [3.63, 3.8) is 0 Å². The van der Waals surface area contributed by atoms with Gasteiger partial charge in [-0.05, 0) is 77.2 Å². The third-order valence-electron chi connectivity index (χ3n) is 10.9. The molecule has 0 amide bonds. The average Bonchev–Trinajstić information content (AvgIpc) is 3.82. The Morgan fingerprint density at radius 3 is 1.61 bits per heavy atom. The van der Waals surface area contributed by atoms with Gasteiger partial charge in [-0.3, -0.25) is 0 Å². The van der Waals surface area contributed by atoms with Crippen LogP contribution in [0.4, 0.5) is 0 Å². The first-order chi connectivity index (χ1) is 28.2. The Kier molecular flexibility index (Phi) is 7.81. The summed E-state index contributed by atoms with van der Waals surface area (Å²) in [6.07, 6.45) is 0.725. The normalized spacial score (nSPS) is 11.6. The zero-order chi connectivity index (χ0) is 37.7. The maximum atomic E-state index is 6.31. The number of benzene rings is 8. The average molecular weight is 731 g/mol. The summed E-state index contributed by atoms with van der Waals surface area (Å²) in [4.78, 5) is 15.1. The van der Waals surface area contributed by atoms with Crippen molar-refractivity contribution in [2.24, 2.45) is 0 Å². The summed E-state index contributed by atoms with van der Waals surface area (Å²) in [5.74, 6) is 1.92. The van der Waals surface area contributed by atoms with Gasteiger partial charge in [0.15, 0.2) is 17.5 Å². The van der Waals surface area contributed by atoms with Gasteiger partial charge in [0.1, 0.15) is 11.2 Å².